The fraction of sp³-hybridized carbons (Fsp3) is 0.571. The smallest absolute Gasteiger partial charge is 0.243 e. The summed E-state index contributed by atoms with van der Waals surface area (Å²) in [6.45, 7) is 4.15. The van der Waals surface area contributed by atoms with Gasteiger partial charge in [-0.2, -0.15) is 4.31 Å². The zero-order valence-corrected chi connectivity index (χ0v) is 13.6. The molecular weight excluding hydrogens is 290 g/mol. The van der Waals surface area contributed by atoms with Crippen molar-refractivity contribution in [1.29, 1.82) is 0 Å². The number of hydrogen-bond donors (Lipinski definition) is 1. The van der Waals surface area contributed by atoms with Gasteiger partial charge in [0.25, 0.3) is 0 Å². The molecule has 1 unspecified atom stereocenters. The van der Waals surface area contributed by atoms with E-state index in [0.717, 1.165) is 13.1 Å². The van der Waals surface area contributed by atoms with Gasteiger partial charge in [0.1, 0.15) is 5.75 Å². The number of piperazine rings is 1. The van der Waals surface area contributed by atoms with Crippen LogP contribution < -0.4 is 10.5 Å². The molecule has 1 fully saturated rings. The highest BCUT2D eigenvalue weighted by atomic mass is 32.2. The first-order valence-electron chi connectivity index (χ1n) is 6.97. The number of methoxy groups -OCH3 is 1. The Balaban J connectivity index is 2.35. The normalized spacial score (nSPS) is 21.4. The van der Waals surface area contributed by atoms with Gasteiger partial charge in [-0.05, 0) is 32.2 Å². The summed E-state index contributed by atoms with van der Waals surface area (Å²) >= 11 is 0. The molecule has 1 saturated heterocycles. The van der Waals surface area contributed by atoms with Crippen LogP contribution >= 0.6 is 0 Å². The highest BCUT2D eigenvalue weighted by Crippen LogP contribution is 2.26. The predicted molar refractivity (Wildman–Crippen MR) is 81.7 cm³/mol. The molecule has 6 nitrogen and oxygen atoms in total. The first kappa shape index (κ1) is 16.2. The van der Waals surface area contributed by atoms with Crippen molar-refractivity contribution in [2.75, 3.05) is 33.8 Å². The van der Waals surface area contributed by atoms with E-state index in [2.05, 4.69) is 4.90 Å². The van der Waals surface area contributed by atoms with Crippen molar-refractivity contribution in [2.45, 2.75) is 24.4 Å². The fourth-order valence-electron chi connectivity index (χ4n) is 2.69. The maximum atomic E-state index is 12.8. The minimum Gasteiger partial charge on any atom is -0.496 e. The minimum absolute atomic E-state index is 0.0443. The van der Waals surface area contributed by atoms with Gasteiger partial charge in [0.05, 0.1) is 12.0 Å². The van der Waals surface area contributed by atoms with Gasteiger partial charge in [-0.1, -0.05) is 0 Å². The van der Waals surface area contributed by atoms with Gasteiger partial charge in [0.2, 0.25) is 10.0 Å². The SMILES string of the molecule is COc1ccc(S(=O)(=O)N2CCN(C)CC2C)cc1CN. The molecule has 118 valence electrons. The molecule has 1 heterocycles. The fourth-order valence-corrected chi connectivity index (χ4v) is 4.35. The van der Waals surface area contributed by atoms with E-state index in [4.69, 9.17) is 10.5 Å². The molecular formula is C14H23N3O3S. The Morgan fingerprint density at radius 2 is 2.10 bits per heavy atom. The molecule has 0 amide bonds. The van der Waals surface area contributed by atoms with Gasteiger partial charge in [-0.25, -0.2) is 8.42 Å². The standard InChI is InChI=1S/C14H23N3O3S/c1-11-10-16(2)6-7-17(11)21(18,19)13-4-5-14(20-3)12(8-13)9-15/h4-5,8,11H,6-7,9-10,15H2,1-3H3. The first-order chi connectivity index (χ1) is 9.90. The van der Waals surface area contributed by atoms with E-state index in [1.807, 2.05) is 14.0 Å². The van der Waals surface area contributed by atoms with Gasteiger partial charge >= 0.3 is 0 Å². The molecule has 0 aromatic heterocycles. The van der Waals surface area contributed by atoms with Crippen molar-refractivity contribution in [2.24, 2.45) is 5.73 Å². The van der Waals surface area contributed by atoms with Crippen LogP contribution in [-0.2, 0) is 16.6 Å². The van der Waals surface area contributed by atoms with Crippen molar-refractivity contribution in [3.8, 4) is 5.75 Å². The molecule has 21 heavy (non-hydrogen) atoms. The maximum absolute atomic E-state index is 12.8. The Morgan fingerprint density at radius 3 is 2.67 bits per heavy atom. The highest BCUT2D eigenvalue weighted by Gasteiger charge is 2.32. The second kappa shape index (κ2) is 6.31. The van der Waals surface area contributed by atoms with Crippen LogP contribution in [-0.4, -0.2) is 57.5 Å². The summed E-state index contributed by atoms with van der Waals surface area (Å²) in [6, 6.07) is 4.81. The Bertz CT molecular complexity index is 603. The molecule has 1 aliphatic rings. The van der Waals surface area contributed by atoms with Gasteiger partial charge in [0, 0.05) is 37.8 Å². The highest BCUT2D eigenvalue weighted by molar-refractivity contribution is 7.89. The van der Waals surface area contributed by atoms with Gasteiger partial charge in [-0.3, -0.25) is 0 Å². The Kier molecular flexibility index (Phi) is 4.88. The number of likely N-dealkylation sites (N-methyl/N-ethyl adjacent to an activating group) is 1. The number of rotatable bonds is 4. The number of hydrogen-bond acceptors (Lipinski definition) is 5. The van der Waals surface area contributed by atoms with Crippen LogP contribution in [0.1, 0.15) is 12.5 Å². The molecule has 1 aromatic rings. The van der Waals surface area contributed by atoms with E-state index in [9.17, 15) is 8.42 Å². The van der Waals surface area contributed by atoms with Crippen LogP contribution in [0.3, 0.4) is 0 Å². The van der Waals surface area contributed by atoms with Gasteiger partial charge in [0.15, 0.2) is 0 Å². The third kappa shape index (κ3) is 3.21. The summed E-state index contributed by atoms with van der Waals surface area (Å²) in [7, 11) is 0.0505. The van der Waals surface area contributed by atoms with Crippen LogP contribution in [0.5, 0.6) is 5.75 Å². The number of nitrogens with two attached hydrogens (primary N) is 1. The minimum atomic E-state index is -3.50. The van der Waals surface area contributed by atoms with E-state index in [-0.39, 0.29) is 17.5 Å². The van der Waals surface area contributed by atoms with Crippen molar-refractivity contribution in [1.82, 2.24) is 9.21 Å². The molecule has 1 aromatic carbocycles. The first-order valence-corrected chi connectivity index (χ1v) is 8.41. The number of benzene rings is 1. The average Bonchev–Trinajstić information content (AvgIpc) is 2.46. The topological polar surface area (TPSA) is 75.9 Å². The summed E-state index contributed by atoms with van der Waals surface area (Å²) in [6.07, 6.45) is 0. The van der Waals surface area contributed by atoms with Crippen LogP contribution in [0, 0.1) is 0 Å². The Hall–Kier alpha value is -1.15. The third-order valence-electron chi connectivity index (χ3n) is 3.85. The van der Waals surface area contributed by atoms with E-state index < -0.39 is 10.0 Å². The lowest BCUT2D eigenvalue weighted by molar-refractivity contribution is 0.170. The summed E-state index contributed by atoms with van der Waals surface area (Å²) in [4.78, 5) is 2.41. The Morgan fingerprint density at radius 1 is 1.38 bits per heavy atom. The summed E-state index contributed by atoms with van der Waals surface area (Å²) < 4.78 is 32.3. The zero-order valence-electron chi connectivity index (χ0n) is 12.7. The monoisotopic (exact) mass is 313 g/mol. The molecule has 0 bridgehead atoms. The quantitative estimate of drug-likeness (QED) is 0.875. The molecule has 2 N–H and O–H groups in total. The average molecular weight is 313 g/mol. The predicted octanol–water partition coefficient (Wildman–Crippen LogP) is 0.479. The lowest BCUT2D eigenvalue weighted by Gasteiger charge is -2.37. The second-order valence-corrected chi connectivity index (χ2v) is 7.30. The lowest BCUT2D eigenvalue weighted by Crippen LogP contribution is -2.52. The van der Waals surface area contributed by atoms with E-state index in [1.54, 1.807) is 29.6 Å². The van der Waals surface area contributed by atoms with Crippen molar-refractivity contribution >= 4 is 10.0 Å². The largest absolute Gasteiger partial charge is 0.496 e. The molecule has 1 atom stereocenters. The number of sulfonamides is 1. The molecule has 7 heteroatoms. The molecule has 0 saturated carbocycles. The van der Waals surface area contributed by atoms with E-state index in [1.165, 1.54) is 0 Å². The summed E-state index contributed by atoms with van der Waals surface area (Å²) in [5.41, 5.74) is 6.36. The van der Waals surface area contributed by atoms with E-state index >= 15 is 0 Å². The number of ether oxygens (including phenoxy) is 1. The molecule has 0 radical (unpaired) electrons. The van der Waals surface area contributed by atoms with Crippen LogP contribution in [0.25, 0.3) is 0 Å². The van der Waals surface area contributed by atoms with Crippen LogP contribution in [0.4, 0.5) is 0 Å². The maximum Gasteiger partial charge on any atom is 0.243 e. The van der Waals surface area contributed by atoms with Crippen LogP contribution in [0.15, 0.2) is 23.1 Å². The summed E-state index contributed by atoms with van der Waals surface area (Å²) in [5.74, 6) is 0.614. The van der Waals surface area contributed by atoms with Crippen molar-refractivity contribution < 1.29 is 13.2 Å². The van der Waals surface area contributed by atoms with Crippen LogP contribution in [0.2, 0.25) is 0 Å². The zero-order chi connectivity index (χ0) is 15.6. The molecule has 2 rings (SSSR count). The molecule has 0 aliphatic carbocycles. The van der Waals surface area contributed by atoms with Crippen molar-refractivity contribution in [3.05, 3.63) is 23.8 Å². The van der Waals surface area contributed by atoms with Gasteiger partial charge in [-0.15, -0.1) is 0 Å². The van der Waals surface area contributed by atoms with Crippen molar-refractivity contribution in [3.63, 3.8) is 0 Å². The summed E-state index contributed by atoms with van der Waals surface area (Å²) in [5, 5.41) is 0. The second-order valence-electron chi connectivity index (χ2n) is 5.40. The third-order valence-corrected chi connectivity index (χ3v) is 5.86. The van der Waals surface area contributed by atoms with Gasteiger partial charge < -0.3 is 15.4 Å². The molecule has 1 aliphatic heterocycles. The van der Waals surface area contributed by atoms with E-state index in [0.29, 0.717) is 17.9 Å². The number of nitrogens with zero attached hydrogens (tertiary/aromatic N) is 2. The Labute approximate surface area is 126 Å². The molecule has 0 spiro atoms. The lowest BCUT2D eigenvalue weighted by atomic mass is 10.2.